The second-order valence-corrected chi connectivity index (χ2v) is 4.38. The SMILES string of the molecule is CCC(C(=O)O)n1nc(C)cc1-c1ccc(F)cc1. The highest BCUT2D eigenvalue weighted by Crippen LogP contribution is 2.25. The number of nitrogens with zero attached hydrogens (tertiary/aromatic N) is 2. The molecule has 0 saturated heterocycles. The van der Waals surface area contributed by atoms with Crippen molar-refractivity contribution in [2.75, 3.05) is 0 Å². The van der Waals surface area contributed by atoms with E-state index in [0.717, 1.165) is 11.3 Å². The molecule has 1 N–H and O–H groups in total. The summed E-state index contributed by atoms with van der Waals surface area (Å²) in [6, 6.07) is 7.04. The van der Waals surface area contributed by atoms with Crippen molar-refractivity contribution in [3.63, 3.8) is 0 Å². The number of aromatic nitrogens is 2. The molecule has 100 valence electrons. The summed E-state index contributed by atoms with van der Waals surface area (Å²) in [4.78, 5) is 11.3. The van der Waals surface area contributed by atoms with Gasteiger partial charge in [0, 0.05) is 5.56 Å². The number of aliphatic carboxylic acids is 1. The molecule has 5 heteroatoms. The molecule has 2 aromatic rings. The molecule has 0 spiro atoms. The second-order valence-electron chi connectivity index (χ2n) is 4.38. The lowest BCUT2D eigenvalue weighted by molar-refractivity contribution is -0.141. The topological polar surface area (TPSA) is 55.1 Å². The van der Waals surface area contributed by atoms with Crippen LogP contribution in [-0.4, -0.2) is 20.9 Å². The van der Waals surface area contributed by atoms with Gasteiger partial charge in [-0.3, -0.25) is 4.68 Å². The third-order valence-electron chi connectivity index (χ3n) is 2.96. The zero-order valence-corrected chi connectivity index (χ0v) is 10.8. The fourth-order valence-electron chi connectivity index (χ4n) is 2.04. The first kappa shape index (κ1) is 13.3. The van der Waals surface area contributed by atoms with Gasteiger partial charge >= 0.3 is 5.97 Å². The van der Waals surface area contributed by atoms with Gasteiger partial charge in [-0.2, -0.15) is 5.10 Å². The van der Waals surface area contributed by atoms with Gasteiger partial charge in [0.15, 0.2) is 0 Å². The molecule has 4 nitrogen and oxygen atoms in total. The first-order valence-corrected chi connectivity index (χ1v) is 6.07. The molecule has 1 heterocycles. The van der Waals surface area contributed by atoms with Gasteiger partial charge in [-0.1, -0.05) is 6.92 Å². The minimum absolute atomic E-state index is 0.322. The Morgan fingerprint density at radius 3 is 2.58 bits per heavy atom. The van der Waals surface area contributed by atoms with Crippen molar-refractivity contribution in [2.45, 2.75) is 26.3 Å². The highest BCUT2D eigenvalue weighted by atomic mass is 19.1. The fraction of sp³-hybridized carbons (Fsp3) is 0.286. The smallest absolute Gasteiger partial charge is 0.328 e. The van der Waals surface area contributed by atoms with Crippen molar-refractivity contribution in [3.05, 3.63) is 41.8 Å². The summed E-state index contributed by atoms with van der Waals surface area (Å²) in [7, 11) is 0. The molecule has 2 rings (SSSR count). The first-order valence-electron chi connectivity index (χ1n) is 6.07. The molecule has 0 bridgehead atoms. The molecule has 19 heavy (non-hydrogen) atoms. The quantitative estimate of drug-likeness (QED) is 0.921. The van der Waals surface area contributed by atoms with Crippen LogP contribution in [0.15, 0.2) is 30.3 Å². The minimum Gasteiger partial charge on any atom is -0.480 e. The van der Waals surface area contributed by atoms with Gasteiger partial charge in [0.05, 0.1) is 11.4 Å². The fourth-order valence-corrected chi connectivity index (χ4v) is 2.04. The Bertz CT molecular complexity index is 590. The van der Waals surface area contributed by atoms with E-state index in [1.54, 1.807) is 32.0 Å². The Morgan fingerprint density at radius 2 is 2.05 bits per heavy atom. The molecule has 0 saturated carbocycles. The van der Waals surface area contributed by atoms with Gasteiger partial charge in [0.2, 0.25) is 0 Å². The Morgan fingerprint density at radius 1 is 1.42 bits per heavy atom. The summed E-state index contributed by atoms with van der Waals surface area (Å²) in [6.45, 7) is 3.60. The number of carbonyl (C=O) groups is 1. The van der Waals surface area contributed by atoms with Crippen LogP contribution in [0.2, 0.25) is 0 Å². The molecule has 1 aromatic carbocycles. The molecule has 0 aliphatic carbocycles. The Balaban J connectivity index is 2.51. The molecule has 0 aliphatic rings. The van der Waals surface area contributed by atoms with Gasteiger partial charge in [-0.05, 0) is 43.7 Å². The summed E-state index contributed by atoms with van der Waals surface area (Å²) in [5.74, 6) is -1.24. The van der Waals surface area contributed by atoms with Crippen LogP contribution in [-0.2, 0) is 4.79 Å². The number of carboxylic acid groups (broad SMARTS) is 1. The second kappa shape index (κ2) is 5.22. The molecule has 0 fully saturated rings. The van der Waals surface area contributed by atoms with Crippen molar-refractivity contribution in [3.8, 4) is 11.3 Å². The van der Waals surface area contributed by atoms with E-state index in [4.69, 9.17) is 0 Å². The number of aryl methyl sites for hydroxylation is 1. The van der Waals surface area contributed by atoms with Gasteiger partial charge < -0.3 is 5.11 Å². The monoisotopic (exact) mass is 262 g/mol. The number of hydrogen-bond acceptors (Lipinski definition) is 2. The van der Waals surface area contributed by atoms with Crippen molar-refractivity contribution < 1.29 is 14.3 Å². The third kappa shape index (κ3) is 2.65. The number of hydrogen-bond donors (Lipinski definition) is 1. The third-order valence-corrected chi connectivity index (χ3v) is 2.96. The van der Waals surface area contributed by atoms with Crippen LogP contribution in [0, 0.1) is 12.7 Å². The van der Waals surface area contributed by atoms with Crippen LogP contribution in [0.1, 0.15) is 25.1 Å². The molecular weight excluding hydrogens is 247 g/mol. The van der Waals surface area contributed by atoms with Crippen molar-refractivity contribution in [1.29, 1.82) is 0 Å². The van der Waals surface area contributed by atoms with Gasteiger partial charge in [0.1, 0.15) is 11.9 Å². The summed E-state index contributed by atoms with van der Waals surface area (Å²) in [6.07, 6.45) is 0.435. The van der Waals surface area contributed by atoms with E-state index in [-0.39, 0.29) is 5.82 Å². The maximum atomic E-state index is 12.9. The van der Waals surface area contributed by atoms with Gasteiger partial charge in [0.25, 0.3) is 0 Å². The molecule has 0 aliphatic heterocycles. The van der Waals surface area contributed by atoms with E-state index in [0.29, 0.717) is 12.1 Å². The Kier molecular flexibility index (Phi) is 3.64. The van der Waals surface area contributed by atoms with Crippen LogP contribution >= 0.6 is 0 Å². The molecule has 0 amide bonds. The zero-order valence-electron chi connectivity index (χ0n) is 10.8. The predicted molar refractivity (Wildman–Crippen MR) is 69.3 cm³/mol. The highest BCUT2D eigenvalue weighted by Gasteiger charge is 2.22. The predicted octanol–water partition coefficient (Wildman–Crippen LogP) is 3.03. The van der Waals surface area contributed by atoms with Crippen LogP contribution in [0.3, 0.4) is 0 Å². The van der Waals surface area contributed by atoms with E-state index >= 15 is 0 Å². The molecule has 1 aromatic heterocycles. The van der Waals surface area contributed by atoms with E-state index in [1.807, 2.05) is 0 Å². The summed E-state index contributed by atoms with van der Waals surface area (Å²) in [5, 5.41) is 13.5. The van der Waals surface area contributed by atoms with E-state index in [9.17, 15) is 14.3 Å². The summed E-state index contributed by atoms with van der Waals surface area (Å²) >= 11 is 0. The highest BCUT2D eigenvalue weighted by molar-refractivity contribution is 5.73. The molecule has 1 unspecified atom stereocenters. The maximum absolute atomic E-state index is 12.9. The number of carboxylic acids is 1. The van der Waals surface area contributed by atoms with Gasteiger partial charge in [-0.25, -0.2) is 9.18 Å². The zero-order chi connectivity index (χ0) is 14.0. The number of benzene rings is 1. The van der Waals surface area contributed by atoms with Crippen LogP contribution in [0.4, 0.5) is 4.39 Å². The van der Waals surface area contributed by atoms with E-state index in [2.05, 4.69) is 5.10 Å². The minimum atomic E-state index is -0.922. The van der Waals surface area contributed by atoms with Crippen LogP contribution in [0.25, 0.3) is 11.3 Å². The summed E-state index contributed by atoms with van der Waals surface area (Å²) < 4.78 is 14.4. The lowest BCUT2D eigenvalue weighted by atomic mass is 10.1. The van der Waals surface area contributed by atoms with Crippen molar-refractivity contribution in [2.24, 2.45) is 0 Å². The first-order chi connectivity index (χ1) is 9.02. The average Bonchev–Trinajstić information content (AvgIpc) is 2.72. The van der Waals surface area contributed by atoms with Crippen molar-refractivity contribution in [1.82, 2.24) is 9.78 Å². The lowest BCUT2D eigenvalue weighted by Gasteiger charge is -2.14. The van der Waals surface area contributed by atoms with E-state index in [1.165, 1.54) is 16.8 Å². The standard InChI is InChI=1S/C14H15FN2O2/c1-3-12(14(18)19)17-13(8-9(2)16-17)10-4-6-11(15)7-5-10/h4-8,12H,3H2,1-2H3,(H,18,19). The normalized spacial score (nSPS) is 12.4. The van der Waals surface area contributed by atoms with E-state index < -0.39 is 12.0 Å². The lowest BCUT2D eigenvalue weighted by Crippen LogP contribution is -2.20. The van der Waals surface area contributed by atoms with Crippen molar-refractivity contribution >= 4 is 5.97 Å². The largest absolute Gasteiger partial charge is 0.480 e. The number of rotatable bonds is 4. The maximum Gasteiger partial charge on any atom is 0.328 e. The molecule has 0 radical (unpaired) electrons. The summed E-state index contributed by atoms with van der Waals surface area (Å²) in [5.41, 5.74) is 2.17. The van der Waals surface area contributed by atoms with Crippen LogP contribution < -0.4 is 0 Å². The molecule has 1 atom stereocenters. The van der Waals surface area contributed by atoms with Gasteiger partial charge in [-0.15, -0.1) is 0 Å². The van der Waals surface area contributed by atoms with Crippen LogP contribution in [0.5, 0.6) is 0 Å². The number of halogens is 1. The molecular formula is C14H15FN2O2. The Hall–Kier alpha value is -2.17. The average molecular weight is 262 g/mol. The Labute approximate surface area is 110 Å².